The smallest absolute Gasteiger partial charge is 0.0607 e. The highest BCUT2D eigenvalue weighted by Gasteiger charge is 2.20. The third kappa shape index (κ3) is 2.71. The number of para-hydroxylation sites is 1. The summed E-state index contributed by atoms with van der Waals surface area (Å²) in [4.78, 5) is 0. The highest BCUT2D eigenvalue weighted by molar-refractivity contribution is 7.98. The van der Waals surface area contributed by atoms with Crippen molar-refractivity contribution in [2.24, 2.45) is 0 Å². The molecule has 1 aliphatic heterocycles. The van der Waals surface area contributed by atoms with Crippen molar-refractivity contribution in [3.05, 3.63) is 65.2 Å². The van der Waals surface area contributed by atoms with E-state index in [2.05, 4.69) is 67.7 Å². The fourth-order valence-corrected chi connectivity index (χ4v) is 3.92. The molecule has 0 saturated carbocycles. The molecule has 1 atom stereocenters. The first kappa shape index (κ1) is 13.6. The third-order valence-corrected chi connectivity index (χ3v) is 4.97. The minimum Gasteiger partial charge on any atom is -0.377 e. The Morgan fingerprint density at radius 1 is 1.05 bits per heavy atom. The molecule has 20 heavy (non-hydrogen) atoms. The van der Waals surface area contributed by atoms with Crippen LogP contribution in [0.1, 0.15) is 42.5 Å². The molecular formula is C18H21NS. The summed E-state index contributed by atoms with van der Waals surface area (Å²) in [5, 5.41) is 3.77. The predicted molar refractivity (Wildman–Crippen MR) is 89.5 cm³/mol. The molecule has 0 bridgehead atoms. The van der Waals surface area contributed by atoms with Crippen LogP contribution in [0.15, 0.2) is 48.5 Å². The van der Waals surface area contributed by atoms with Gasteiger partial charge < -0.3 is 5.32 Å². The van der Waals surface area contributed by atoms with E-state index in [-0.39, 0.29) is 0 Å². The van der Waals surface area contributed by atoms with Gasteiger partial charge in [0.2, 0.25) is 0 Å². The maximum Gasteiger partial charge on any atom is 0.0607 e. The van der Waals surface area contributed by atoms with Crippen LogP contribution in [-0.4, -0.2) is 5.75 Å². The van der Waals surface area contributed by atoms with Gasteiger partial charge >= 0.3 is 0 Å². The minimum absolute atomic E-state index is 0.421. The van der Waals surface area contributed by atoms with Gasteiger partial charge in [0, 0.05) is 17.2 Å². The van der Waals surface area contributed by atoms with Crippen LogP contribution >= 0.6 is 11.8 Å². The van der Waals surface area contributed by atoms with Gasteiger partial charge in [0.05, 0.1) is 6.04 Å². The molecular weight excluding hydrogens is 262 g/mol. The van der Waals surface area contributed by atoms with Crippen molar-refractivity contribution in [3.8, 4) is 0 Å². The molecule has 1 nitrogen and oxygen atoms in total. The number of hydrogen-bond acceptors (Lipinski definition) is 2. The second-order valence-electron chi connectivity index (χ2n) is 5.65. The van der Waals surface area contributed by atoms with Crippen molar-refractivity contribution in [2.75, 3.05) is 11.1 Å². The van der Waals surface area contributed by atoms with E-state index in [1.165, 1.54) is 22.4 Å². The van der Waals surface area contributed by atoms with Crippen LogP contribution in [0.5, 0.6) is 0 Å². The Morgan fingerprint density at radius 2 is 1.80 bits per heavy atom. The van der Waals surface area contributed by atoms with Gasteiger partial charge in [0.25, 0.3) is 0 Å². The topological polar surface area (TPSA) is 12.0 Å². The van der Waals surface area contributed by atoms with E-state index in [9.17, 15) is 0 Å². The number of hydrogen-bond donors (Lipinski definition) is 1. The Labute approximate surface area is 125 Å². The summed E-state index contributed by atoms with van der Waals surface area (Å²) in [7, 11) is 0. The molecule has 3 rings (SSSR count). The van der Waals surface area contributed by atoms with Gasteiger partial charge in [0.15, 0.2) is 0 Å². The summed E-state index contributed by atoms with van der Waals surface area (Å²) in [5.74, 6) is 2.83. The lowest BCUT2D eigenvalue weighted by Gasteiger charge is -2.28. The highest BCUT2D eigenvalue weighted by Crippen LogP contribution is 2.35. The molecule has 0 spiro atoms. The molecule has 0 aromatic heterocycles. The van der Waals surface area contributed by atoms with Gasteiger partial charge in [0.1, 0.15) is 0 Å². The average Bonchev–Trinajstić information content (AvgIpc) is 2.48. The number of nitrogens with one attached hydrogen (secondary N) is 1. The highest BCUT2D eigenvalue weighted by atomic mass is 32.2. The van der Waals surface area contributed by atoms with Crippen molar-refractivity contribution < 1.29 is 0 Å². The molecule has 104 valence electrons. The van der Waals surface area contributed by atoms with E-state index in [1.807, 2.05) is 11.8 Å². The van der Waals surface area contributed by atoms with Gasteiger partial charge in [-0.2, -0.15) is 11.8 Å². The van der Waals surface area contributed by atoms with Crippen molar-refractivity contribution >= 4 is 17.4 Å². The summed E-state index contributed by atoms with van der Waals surface area (Å²) in [5.41, 5.74) is 5.62. The zero-order valence-electron chi connectivity index (χ0n) is 12.1. The number of benzene rings is 2. The first-order valence-corrected chi connectivity index (χ1v) is 8.42. The van der Waals surface area contributed by atoms with Crippen molar-refractivity contribution in [1.82, 2.24) is 0 Å². The Balaban J connectivity index is 1.90. The molecule has 0 aliphatic carbocycles. The average molecular weight is 283 g/mol. The lowest BCUT2D eigenvalue weighted by Crippen LogP contribution is -2.19. The minimum atomic E-state index is 0.421. The van der Waals surface area contributed by atoms with E-state index in [0.29, 0.717) is 12.0 Å². The molecule has 1 unspecified atom stereocenters. The normalized spacial score (nSPS) is 17.9. The summed E-state index contributed by atoms with van der Waals surface area (Å²) in [6, 6.07) is 17.9. The Kier molecular flexibility index (Phi) is 4.02. The zero-order valence-corrected chi connectivity index (χ0v) is 12.9. The second-order valence-corrected chi connectivity index (χ2v) is 6.68. The lowest BCUT2D eigenvalue weighted by atomic mass is 9.98. The molecule has 1 N–H and O–H groups in total. The van der Waals surface area contributed by atoms with Crippen LogP contribution in [0.4, 0.5) is 5.69 Å². The standard InChI is InChI=1S/C18H21NS/c1-13(2)15-8-5-6-10-17(15)19-18-12-20-11-14-7-3-4-9-16(14)18/h3-10,13,18-19H,11-12H2,1-2H3. The number of fused-ring (bicyclic) bond motifs is 1. The largest absolute Gasteiger partial charge is 0.377 e. The van der Waals surface area contributed by atoms with E-state index in [1.54, 1.807) is 0 Å². The van der Waals surface area contributed by atoms with Crippen LogP contribution in [0, 0.1) is 0 Å². The first-order chi connectivity index (χ1) is 9.75. The first-order valence-electron chi connectivity index (χ1n) is 7.26. The molecule has 0 radical (unpaired) electrons. The second kappa shape index (κ2) is 5.92. The fraction of sp³-hybridized carbons (Fsp3) is 0.333. The predicted octanol–water partition coefficient (Wildman–Crippen LogP) is 5.21. The maximum absolute atomic E-state index is 3.77. The van der Waals surface area contributed by atoms with Crippen LogP contribution in [0.2, 0.25) is 0 Å². The lowest BCUT2D eigenvalue weighted by molar-refractivity contribution is 0.837. The SMILES string of the molecule is CC(C)c1ccccc1NC1CSCc2ccccc21. The van der Waals surface area contributed by atoms with Gasteiger partial charge in [-0.1, -0.05) is 56.3 Å². The van der Waals surface area contributed by atoms with Crippen molar-refractivity contribution in [3.63, 3.8) is 0 Å². The van der Waals surface area contributed by atoms with Crippen LogP contribution in [0.25, 0.3) is 0 Å². The van der Waals surface area contributed by atoms with E-state index >= 15 is 0 Å². The molecule has 2 aromatic carbocycles. The molecule has 2 aromatic rings. The van der Waals surface area contributed by atoms with Gasteiger partial charge in [-0.05, 0) is 28.7 Å². The quantitative estimate of drug-likeness (QED) is 0.830. The summed E-state index contributed by atoms with van der Waals surface area (Å²) in [6.07, 6.45) is 0. The maximum atomic E-state index is 3.77. The van der Waals surface area contributed by atoms with Crippen molar-refractivity contribution in [1.29, 1.82) is 0 Å². The number of rotatable bonds is 3. The van der Waals surface area contributed by atoms with E-state index in [4.69, 9.17) is 0 Å². The monoisotopic (exact) mass is 283 g/mol. The Morgan fingerprint density at radius 3 is 2.65 bits per heavy atom. The molecule has 1 heterocycles. The van der Waals surface area contributed by atoms with E-state index in [0.717, 1.165) is 11.5 Å². The van der Waals surface area contributed by atoms with Crippen molar-refractivity contribution in [2.45, 2.75) is 31.6 Å². The van der Waals surface area contributed by atoms with Crippen LogP contribution in [0.3, 0.4) is 0 Å². The molecule has 0 saturated heterocycles. The number of anilines is 1. The number of thioether (sulfide) groups is 1. The Bertz CT molecular complexity index is 591. The van der Waals surface area contributed by atoms with Crippen LogP contribution in [-0.2, 0) is 5.75 Å². The zero-order chi connectivity index (χ0) is 13.9. The Hall–Kier alpha value is -1.41. The fourth-order valence-electron chi connectivity index (χ4n) is 2.82. The van der Waals surface area contributed by atoms with E-state index < -0.39 is 0 Å². The molecule has 2 heteroatoms. The molecule has 0 fully saturated rings. The van der Waals surface area contributed by atoms with Gasteiger partial charge in [-0.25, -0.2) is 0 Å². The van der Waals surface area contributed by atoms with Gasteiger partial charge in [-0.3, -0.25) is 0 Å². The summed E-state index contributed by atoms with van der Waals surface area (Å²) >= 11 is 2.02. The van der Waals surface area contributed by atoms with Crippen LogP contribution < -0.4 is 5.32 Å². The summed E-state index contributed by atoms with van der Waals surface area (Å²) in [6.45, 7) is 4.51. The molecule has 0 amide bonds. The van der Waals surface area contributed by atoms with Gasteiger partial charge in [-0.15, -0.1) is 0 Å². The third-order valence-electron chi connectivity index (χ3n) is 3.89. The summed E-state index contributed by atoms with van der Waals surface area (Å²) < 4.78 is 0. The molecule has 1 aliphatic rings.